The van der Waals surface area contributed by atoms with Crippen molar-refractivity contribution >= 4 is 0 Å². The third kappa shape index (κ3) is 2.89. The number of halogens is 2. The minimum absolute atomic E-state index is 0.272. The van der Waals surface area contributed by atoms with Crippen LogP contribution in [0, 0.1) is 6.92 Å². The number of hydrogen-bond donors (Lipinski definition) is 2. The maximum Gasteiger partial charge on any atom is 0.267 e. The molecule has 1 rings (SSSR count). The second kappa shape index (κ2) is 5.07. The van der Waals surface area contributed by atoms with Gasteiger partial charge in [0.15, 0.2) is 0 Å². The molecular formula is C11H15F2NO. The van der Waals surface area contributed by atoms with E-state index in [1.807, 2.05) is 0 Å². The molecule has 4 heteroatoms. The van der Waals surface area contributed by atoms with Gasteiger partial charge in [0.1, 0.15) is 5.75 Å². The topological polar surface area (TPSA) is 32.3 Å². The minimum atomic E-state index is -2.63. The first kappa shape index (κ1) is 11.9. The van der Waals surface area contributed by atoms with Crippen LogP contribution in [0.2, 0.25) is 0 Å². The summed E-state index contributed by atoms with van der Waals surface area (Å²) in [6.07, 6.45) is -2.08. The molecule has 0 aliphatic carbocycles. The summed E-state index contributed by atoms with van der Waals surface area (Å²) < 4.78 is 25.1. The number of likely N-dealkylation sites (N-methyl/N-ethyl adjacent to an activating group) is 1. The van der Waals surface area contributed by atoms with Crippen LogP contribution in [-0.4, -0.2) is 18.7 Å². The van der Waals surface area contributed by atoms with E-state index in [0.717, 1.165) is 5.56 Å². The fraction of sp³-hybridized carbons (Fsp3) is 0.455. The molecule has 0 radical (unpaired) electrons. The van der Waals surface area contributed by atoms with Crippen molar-refractivity contribution in [1.29, 1.82) is 0 Å². The van der Waals surface area contributed by atoms with E-state index < -0.39 is 6.43 Å². The lowest BCUT2D eigenvalue weighted by Gasteiger charge is -2.10. The highest BCUT2D eigenvalue weighted by atomic mass is 19.3. The standard InChI is InChI=1S/C11H15F2NO/c1-7-5-8(3-4-14-2)10(15)9(6-7)11(12)13/h5-6,11,14-15H,3-4H2,1-2H3. The van der Waals surface area contributed by atoms with Gasteiger partial charge in [-0.2, -0.15) is 0 Å². The average molecular weight is 215 g/mol. The Morgan fingerprint density at radius 2 is 2.07 bits per heavy atom. The average Bonchev–Trinajstić information content (AvgIpc) is 2.18. The van der Waals surface area contributed by atoms with E-state index in [2.05, 4.69) is 5.32 Å². The third-order valence-electron chi connectivity index (χ3n) is 2.24. The molecule has 0 fully saturated rings. The number of nitrogens with one attached hydrogen (secondary N) is 1. The summed E-state index contributed by atoms with van der Waals surface area (Å²) in [7, 11) is 1.78. The Morgan fingerprint density at radius 1 is 1.40 bits per heavy atom. The summed E-state index contributed by atoms with van der Waals surface area (Å²) >= 11 is 0. The summed E-state index contributed by atoms with van der Waals surface area (Å²) in [4.78, 5) is 0. The summed E-state index contributed by atoms with van der Waals surface area (Å²) in [5.74, 6) is -0.272. The Labute approximate surface area is 87.9 Å². The predicted octanol–water partition coefficient (Wildman–Crippen LogP) is 2.40. The molecule has 2 nitrogen and oxygen atoms in total. The van der Waals surface area contributed by atoms with Crippen LogP contribution in [0.5, 0.6) is 5.75 Å². The van der Waals surface area contributed by atoms with Crippen LogP contribution < -0.4 is 5.32 Å². The Bertz CT molecular complexity index is 340. The lowest BCUT2D eigenvalue weighted by molar-refractivity contribution is 0.147. The van der Waals surface area contributed by atoms with Crippen molar-refractivity contribution in [2.45, 2.75) is 19.8 Å². The first-order valence-corrected chi connectivity index (χ1v) is 4.81. The lowest BCUT2D eigenvalue weighted by Crippen LogP contribution is -2.10. The second-order valence-electron chi connectivity index (χ2n) is 3.52. The number of phenols is 1. The Kier molecular flexibility index (Phi) is 4.03. The van der Waals surface area contributed by atoms with E-state index in [-0.39, 0.29) is 11.3 Å². The number of rotatable bonds is 4. The summed E-state index contributed by atoms with van der Waals surface area (Å²) in [6.45, 7) is 2.40. The zero-order chi connectivity index (χ0) is 11.4. The fourth-order valence-electron chi connectivity index (χ4n) is 1.50. The van der Waals surface area contributed by atoms with Gasteiger partial charge >= 0.3 is 0 Å². The van der Waals surface area contributed by atoms with E-state index in [9.17, 15) is 13.9 Å². The van der Waals surface area contributed by atoms with Crippen molar-refractivity contribution in [3.05, 3.63) is 28.8 Å². The predicted molar refractivity (Wildman–Crippen MR) is 55.4 cm³/mol. The van der Waals surface area contributed by atoms with Gasteiger partial charge in [-0.15, -0.1) is 0 Å². The van der Waals surface area contributed by atoms with Crippen LogP contribution in [-0.2, 0) is 6.42 Å². The molecule has 15 heavy (non-hydrogen) atoms. The molecule has 0 bridgehead atoms. The van der Waals surface area contributed by atoms with Gasteiger partial charge in [-0.1, -0.05) is 11.6 Å². The molecule has 0 saturated heterocycles. The molecule has 1 aromatic rings. The van der Waals surface area contributed by atoms with Crippen LogP contribution >= 0.6 is 0 Å². The second-order valence-corrected chi connectivity index (χ2v) is 3.52. The summed E-state index contributed by atoms with van der Waals surface area (Å²) in [5.41, 5.74) is 1.04. The smallest absolute Gasteiger partial charge is 0.267 e. The monoisotopic (exact) mass is 215 g/mol. The van der Waals surface area contributed by atoms with Crippen LogP contribution in [0.4, 0.5) is 8.78 Å². The molecule has 0 aromatic heterocycles. The van der Waals surface area contributed by atoms with E-state index in [1.54, 1.807) is 20.0 Å². The third-order valence-corrected chi connectivity index (χ3v) is 2.24. The molecule has 0 aliphatic heterocycles. The van der Waals surface area contributed by atoms with Crippen LogP contribution in [0.15, 0.2) is 12.1 Å². The number of benzene rings is 1. The van der Waals surface area contributed by atoms with Crippen LogP contribution in [0.1, 0.15) is 23.1 Å². The SMILES string of the molecule is CNCCc1cc(C)cc(C(F)F)c1O. The van der Waals surface area contributed by atoms with Gasteiger partial charge in [0.25, 0.3) is 6.43 Å². The first-order chi connectivity index (χ1) is 7.06. The van der Waals surface area contributed by atoms with Gasteiger partial charge in [0, 0.05) is 0 Å². The van der Waals surface area contributed by atoms with Crippen LogP contribution in [0.25, 0.3) is 0 Å². The Hall–Kier alpha value is -1.16. The Balaban J connectivity index is 3.05. The van der Waals surface area contributed by atoms with Crippen molar-refractivity contribution in [1.82, 2.24) is 5.32 Å². The van der Waals surface area contributed by atoms with E-state index in [4.69, 9.17) is 0 Å². The maximum absolute atomic E-state index is 12.5. The number of hydrogen-bond acceptors (Lipinski definition) is 2. The quantitative estimate of drug-likeness (QED) is 0.808. The number of aryl methyl sites for hydroxylation is 1. The Morgan fingerprint density at radius 3 is 2.60 bits per heavy atom. The van der Waals surface area contributed by atoms with Crippen molar-refractivity contribution in [2.75, 3.05) is 13.6 Å². The molecule has 1 aromatic carbocycles. The highest BCUT2D eigenvalue weighted by Gasteiger charge is 2.16. The van der Waals surface area contributed by atoms with E-state index in [1.165, 1.54) is 6.07 Å². The molecule has 0 saturated carbocycles. The molecule has 2 N–H and O–H groups in total. The van der Waals surface area contributed by atoms with Gasteiger partial charge in [0.05, 0.1) is 5.56 Å². The number of alkyl halides is 2. The number of phenolic OH excluding ortho intramolecular Hbond substituents is 1. The molecule has 0 atom stereocenters. The highest BCUT2D eigenvalue weighted by Crippen LogP contribution is 2.32. The zero-order valence-electron chi connectivity index (χ0n) is 8.85. The lowest BCUT2D eigenvalue weighted by atomic mass is 10.0. The van der Waals surface area contributed by atoms with Gasteiger partial charge in [-0.25, -0.2) is 8.78 Å². The van der Waals surface area contributed by atoms with E-state index >= 15 is 0 Å². The highest BCUT2D eigenvalue weighted by molar-refractivity contribution is 5.44. The van der Waals surface area contributed by atoms with Crippen molar-refractivity contribution in [3.63, 3.8) is 0 Å². The summed E-state index contributed by atoms with van der Waals surface area (Å²) in [6, 6.07) is 3.06. The normalized spacial score (nSPS) is 11.0. The fourth-order valence-corrected chi connectivity index (χ4v) is 1.50. The zero-order valence-corrected chi connectivity index (χ0v) is 8.85. The minimum Gasteiger partial charge on any atom is -0.507 e. The molecule has 0 spiro atoms. The van der Waals surface area contributed by atoms with Gasteiger partial charge < -0.3 is 10.4 Å². The largest absolute Gasteiger partial charge is 0.507 e. The van der Waals surface area contributed by atoms with Crippen molar-refractivity contribution in [3.8, 4) is 5.75 Å². The van der Waals surface area contributed by atoms with Crippen molar-refractivity contribution < 1.29 is 13.9 Å². The molecule has 0 heterocycles. The molecule has 0 amide bonds. The van der Waals surface area contributed by atoms with Crippen LogP contribution in [0.3, 0.4) is 0 Å². The molecule has 0 unspecified atom stereocenters. The maximum atomic E-state index is 12.5. The van der Waals surface area contributed by atoms with Crippen molar-refractivity contribution in [2.24, 2.45) is 0 Å². The van der Waals surface area contributed by atoms with E-state index in [0.29, 0.717) is 18.5 Å². The molecule has 84 valence electrons. The first-order valence-electron chi connectivity index (χ1n) is 4.81. The molecule has 0 aliphatic rings. The van der Waals surface area contributed by atoms with Gasteiger partial charge in [0.2, 0.25) is 0 Å². The molecular weight excluding hydrogens is 200 g/mol. The van der Waals surface area contributed by atoms with Gasteiger partial charge in [-0.3, -0.25) is 0 Å². The summed E-state index contributed by atoms with van der Waals surface area (Å²) in [5, 5.41) is 12.5. The number of aromatic hydroxyl groups is 1. The van der Waals surface area contributed by atoms with Gasteiger partial charge in [-0.05, 0) is 38.6 Å².